The number of nitrogens with zero attached hydrogens (tertiary/aromatic N) is 2. The lowest BCUT2D eigenvalue weighted by molar-refractivity contribution is 0.157. The number of benzene rings is 1. The summed E-state index contributed by atoms with van der Waals surface area (Å²) in [5, 5.41) is 9.86. The van der Waals surface area contributed by atoms with Crippen molar-refractivity contribution >= 4 is 11.8 Å². The molecule has 0 aliphatic carbocycles. The molecule has 3 rings (SSSR count). The van der Waals surface area contributed by atoms with E-state index in [0.29, 0.717) is 5.25 Å². The van der Waals surface area contributed by atoms with Crippen molar-refractivity contribution in [1.82, 2.24) is 4.90 Å². The van der Waals surface area contributed by atoms with Crippen LogP contribution in [0.3, 0.4) is 0 Å². The number of piperidine rings is 1. The van der Waals surface area contributed by atoms with Crippen molar-refractivity contribution in [2.45, 2.75) is 36.3 Å². The second-order valence-corrected chi connectivity index (χ2v) is 7.37. The average Bonchev–Trinajstić information content (AvgIpc) is 2.84. The van der Waals surface area contributed by atoms with Crippen LogP contribution in [0.5, 0.6) is 0 Å². The molecular formula is C16H20N2S. The molecule has 1 atom stereocenters. The summed E-state index contributed by atoms with van der Waals surface area (Å²) in [7, 11) is 0. The monoisotopic (exact) mass is 272 g/mol. The van der Waals surface area contributed by atoms with Crippen molar-refractivity contribution in [2.75, 3.05) is 19.6 Å². The molecular weight excluding hydrogens is 252 g/mol. The fourth-order valence-corrected chi connectivity index (χ4v) is 4.35. The quantitative estimate of drug-likeness (QED) is 0.826. The minimum absolute atomic E-state index is 0.0811. The Morgan fingerprint density at radius 2 is 2.11 bits per heavy atom. The third-order valence-electron chi connectivity index (χ3n) is 4.41. The molecule has 1 unspecified atom stereocenters. The molecule has 2 aliphatic heterocycles. The van der Waals surface area contributed by atoms with E-state index in [1.165, 1.54) is 23.4 Å². The highest BCUT2D eigenvalue weighted by atomic mass is 32.2. The van der Waals surface area contributed by atoms with E-state index in [2.05, 4.69) is 42.2 Å². The van der Waals surface area contributed by atoms with Gasteiger partial charge in [-0.1, -0.05) is 18.2 Å². The third-order valence-corrected chi connectivity index (χ3v) is 5.71. The molecule has 0 amide bonds. The van der Waals surface area contributed by atoms with Gasteiger partial charge in [-0.3, -0.25) is 0 Å². The molecule has 2 aliphatic rings. The first kappa shape index (κ1) is 13.0. The molecule has 1 aromatic rings. The first-order valence-electron chi connectivity index (χ1n) is 7.07. The predicted molar refractivity (Wildman–Crippen MR) is 79.2 cm³/mol. The van der Waals surface area contributed by atoms with Crippen LogP contribution in [0, 0.1) is 16.7 Å². The average molecular weight is 272 g/mol. The second-order valence-electron chi connectivity index (χ2n) is 6.02. The Bertz CT molecular complexity index is 473. The Labute approximate surface area is 119 Å². The summed E-state index contributed by atoms with van der Waals surface area (Å²) in [4.78, 5) is 4.01. The molecule has 100 valence electrons. The molecule has 0 N–H and O–H groups in total. The molecule has 1 aromatic carbocycles. The zero-order chi connectivity index (χ0) is 13.3. The second kappa shape index (κ2) is 5.19. The highest BCUT2D eigenvalue weighted by Crippen LogP contribution is 2.38. The van der Waals surface area contributed by atoms with E-state index < -0.39 is 0 Å². The molecule has 0 radical (unpaired) electrons. The van der Waals surface area contributed by atoms with E-state index in [-0.39, 0.29) is 5.41 Å². The van der Waals surface area contributed by atoms with Crippen molar-refractivity contribution in [3.8, 4) is 6.07 Å². The lowest BCUT2D eigenvalue weighted by atomic mass is 9.82. The molecule has 3 heteroatoms. The van der Waals surface area contributed by atoms with E-state index in [9.17, 15) is 0 Å². The number of nitriles is 1. The van der Waals surface area contributed by atoms with Gasteiger partial charge in [-0.2, -0.15) is 5.26 Å². The largest absolute Gasteiger partial charge is 0.302 e. The first-order valence-corrected chi connectivity index (χ1v) is 7.95. The van der Waals surface area contributed by atoms with Gasteiger partial charge in [-0.05, 0) is 50.9 Å². The molecule has 2 heterocycles. The van der Waals surface area contributed by atoms with Crippen molar-refractivity contribution in [1.29, 1.82) is 5.26 Å². The van der Waals surface area contributed by atoms with Crippen molar-refractivity contribution in [2.24, 2.45) is 5.41 Å². The van der Waals surface area contributed by atoms with Crippen molar-refractivity contribution in [3.63, 3.8) is 0 Å². The SMILES string of the molecule is CC1(C#N)CCN(CC2Cc3ccccc3S2)CC1. The van der Waals surface area contributed by atoms with Crippen LogP contribution >= 0.6 is 11.8 Å². The van der Waals surface area contributed by atoms with E-state index in [1.807, 2.05) is 11.8 Å². The van der Waals surface area contributed by atoms with Gasteiger partial charge in [0.2, 0.25) is 0 Å². The van der Waals surface area contributed by atoms with E-state index in [1.54, 1.807) is 0 Å². The smallest absolute Gasteiger partial charge is 0.0687 e. The van der Waals surface area contributed by atoms with Gasteiger partial charge in [-0.25, -0.2) is 0 Å². The van der Waals surface area contributed by atoms with Gasteiger partial charge >= 0.3 is 0 Å². The lowest BCUT2D eigenvalue weighted by Crippen LogP contribution is -2.41. The fourth-order valence-electron chi connectivity index (χ4n) is 2.98. The molecule has 0 spiro atoms. The first-order chi connectivity index (χ1) is 9.18. The van der Waals surface area contributed by atoms with Crippen LogP contribution in [-0.4, -0.2) is 29.8 Å². The number of hydrogen-bond acceptors (Lipinski definition) is 3. The van der Waals surface area contributed by atoms with Crippen LogP contribution in [0.4, 0.5) is 0 Å². The summed E-state index contributed by atoms with van der Waals surface area (Å²) in [5.41, 5.74) is 1.43. The molecule has 2 nitrogen and oxygen atoms in total. The minimum Gasteiger partial charge on any atom is -0.302 e. The van der Waals surface area contributed by atoms with Crippen molar-refractivity contribution < 1.29 is 0 Å². The maximum atomic E-state index is 9.17. The number of fused-ring (bicyclic) bond motifs is 1. The summed E-state index contributed by atoms with van der Waals surface area (Å²) in [5.74, 6) is 0. The molecule has 1 fully saturated rings. The minimum atomic E-state index is -0.0811. The molecule has 0 aromatic heterocycles. The van der Waals surface area contributed by atoms with Crippen LogP contribution in [0.15, 0.2) is 29.2 Å². The summed E-state index contributed by atoms with van der Waals surface area (Å²) < 4.78 is 0. The predicted octanol–water partition coefficient (Wildman–Crippen LogP) is 3.33. The summed E-state index contributed by atoms with van der Waals surface area (Å²) in [6, 6.07) is 11.2. The third kappa shape index (κ3) is 2.80. The van der Waals surface area contributed by atoms with Gasteiger partial charge in [0.25, 0.3) is 0 Å². The lowest BCUT2D eigenvalue weighted by Gasteiger charge is -2.35. The van der Waals surface area contributed by atoms with Crippen LogP contribution < -0.4 is 0 Å². The summed E-state index contributed by atoms with van der Waals surface area (Å²) in [6.45, 7) is 5.43. The van der Waals surface area contributed by atoms with E-state index >= 15 is 0 Å². The molecule has 0 bridgehead atoms. The van der Waals surface area contributed by atoms with Gasteiger partial charge in [0.15, 0.2) is 0 Å². The Balaban J connectivity index is 1.54. The van der Waals surface area contributed by atoms with Gasteiger partial charge < -0.3 is 4.90 Å². The van der Waals surface area contributed by atoms with Crippen LogP contribution in [0.1, 0.15) is 25.3 Å². The van der Waals surface area contributed by atoms with Gasteiger partial charge in [0.1, 0.15) is 0 Å². The summed E-state index contributed by atoms with van der Waals surface area (Å²) in [6.07, 6.45) is 3.24. The zero-order valence-corrected chi connectivity index (χ0v) is 12.2. The van der Waals surface area contributed by atoms with E-state index in [0.717, 1.165) is 25.9 Å². The molecule has 19 heavy (non-hydrogen) atoms. The Morgan fingerprint density at radius 3 is 2.79 bits per heavy atom. The number of likely N-dealkylation sites (tertiary alicyclic amines) is 1. The zero-order valence-electron chi connectivity index (χ0n) is 11.4. The Hall–Kier alpha value is -0.980. The number of hydrogen-bond donors (Lipinski definition) is 0. The van der Waals surface area contributed by atoms with Crippen LogP contribution in [0.25, 0.3) is 0 Å². The maximum absolute atomic E-state index is 9.17. The van der Waals surface area contributed by atoms with Crippen LogP contribution in [-0.2, 0) is 6.42 Å². The van der Waals surface area contributed by atoms with Gasteiger partial charge in [0.05, 0.1) is 11.5 Å². The number of thioether (sulfide) groups is 1. The van der Waals surface area contributed by atoms with Crippen molar-refractivity contribution in [3.05, 3.63) is 29.8 Å². The van der Waals surface area contributed by atoms with Crippen LogP contribution in [0.2, 0.25) is 0 Å². The fraction of sp³-hybridized carbons (Fsp3) is 0.562. The van der Waals surface area contributed by atoms with Gasteiger partial charge in [0, 0.05) is 16.7 Å². The standard InChI is InChI=1S/C16H20N2S/c1-16(12-17)6-8-18(9-7-16)11-14-10-13-4-2-3-5-15(13)19-14/h2-5,14H,6-11H2,1H3. The Morgan fingerprint density at radius 1 is 1.37 bits per heavy atom. The number of rotatable bonds is 2. The normalized spacial score (nSPS) is 25.8. The highest BCUT2D eigenvalue weighted by molar-refractivity contribution is 8.00. The summed E-state index contributed by atoms with van der Waals surface area (Å²) >= 11 is 2.03. The molecule has 1 saturated heterocycles. The van der Waals surface area contributed by atoms with E-state index in [4.69, 9.17) is 5.26 Å². The maximum Gasteiger partial charge on any atom is 0.0687 e. The topological polar surface area (TPSA) is 27.0 Å². The Kier molecular flexibility index (Phi) is 3.56. The highest BCUT2D eigenvalue weighted by Gasteiger charge is 2.31. The molecule has 0 saturated carbocycles. The van der Waals surface area contributed by atoms with Gasteiger partial charge in [-0.15, -0.1) is 11.8 Å².